The molecule has 2 heterocycles. The van der Waals surface area contributed by atoms with Crippen molar-refractivity contribution in [3.8, 4) is 0 Å². The highest BCUT2D eigenvalue weighted by atomic mass is 16.5. The average Bonchev–Trinajstić information content (AvgIpc) is 2.93. The van der Waals surface area contributed by atoms with Gasteiger partial charge in [-0.25, -0.2) is 0 Å². The third-order valence-electron chi connectivity index (χ3n) is 4.05. The largest absolute Gasteiger partial charge is 0.481 e. The maximum absolute atomic E-state index is 11.2. The van der Waals surface area contributed by atoms with Crippen LogP contribution in [-0.4, -0.2) is 34.4 Å². The van der Waals surface area contributed by atoms with E-state index in [-0.39, 0.29) is 30.5 Å². The zero-order chi connectivity index (χ0) is 13.8. The Labute approximate surface area is 112 Å². The van der Waals surface area contributed by atoms with E-state index in [1.165, 1.54) is 0 Å². The minimum Gasteiger partial charge on any atom is -0.481 e. The van der Waals surface area contributed by atoms with Gasteiger partial charge < -0.3 is 14.9 Å². The van der Waals surface area contributed by atoms with E-state index >= 15 is 0 Å². The number of hydrogen-bond donors (Lipinski definition) is 2. The fraction of sp³-hybridized carbons (Fsp3) is 0.714. The molecule has 5 nitrogen and oxygen atoms in total. The first-order valence-electron chi connectivity index (χ1n) is 6.84. The van der Waals surface area contributed by atoms with Crippen LogP contribution in [0.15, 0.2) is 12.2 Å². The molecule has 0 aromatic carbocycles. The van der Waals surface area contributed by atoms with E-state index in [1.54, 1.807) is 0 Å². The highest BCUT2D eigenvalue weighted by Gasteiger charge is 2.51. The molecular formula is C14H20O5. The quantitative estimate of drug-likeness (QED) is 0.545. The molecule has 19 heavy (non-hydrogen) atoms. The summed E-state index contributed by atoms with van der Waals surface area (Å²) in [4.78, 5) is 21.6. The third-order valence-corrected chi connectivity index (χ3v) is 4.05. The summed E-state index contributed by atoms with van der Waals surface area (Å²) in [5, 5.41) is 17.7. The van der Waals surface area contributed by atoms with Crippen LogP contribution in [0.25, 0.3) is 0 Å². The molecule has 2 N–H and O–H groups in total. The van der Waals surface area contributed by atoms with Crippen molar-refractivity contribution in [2.45, 2.75) is 50.7 Å². The number of aliphatic carboxylic acids is 2. The van der Waals surface area contributed by atoms with Gasteiger partial charge in [0.2, 0.25) is 0 Å². The number of carboxylic acid groups (broad SMARTS) is 2. The number of unbranched alkanes of at least 4 members (excludes halogenated alkanes) is 1. The molecule has 2 aliphatic rings. The van der Waals surface area contributed by atoms with Crippen LogP contribution < -0.4 is 0 Å². The predicted octanol–water partition coefficient (Wildman–Crippen LogP) is 2.07. The van der Waals surface area contributed by atoms with Crippen LogP contribution in [0, 0.1) is 11.8 Å². The molecule has 106 valence electrons. The van der Waals surface area contributed by atoms with Gasteiger partial charge in [0.15, 0.2) is 0 Å². The molecule has 0 amide bonds. The molecule has 0 aromatic heterocycles. The van der Waals surface area contributed by atoms with Crippen LogP contribution in [0.5, 0.6) is 0 Å². The fourth-order valence-corrected chi connectivity index (χ4v) is 3.16. The van der Waals surface area contributed by atoms with E-state index in [1.807, 2.05) is 12.2 Å². The van der Waals surface area contributed by atoms with Crippen LogP contribution in [0.1, 0.15) is 38.5 Å². The molecule has 0 aromatic rings. The monoisotopic (exact) mass is 268 g/mol. The van der Waals surface area contributed by atoms with Crippen LogP contribution in [0.3, 0.4) is 0 Å². The highest BCUT2D eigenvalue weighted by molar-refractivity contribution is 5.72. The maximum atomic E-state index is 11.2. The molecule has 2 aliphatic heterocycles. The van der Waals surface area contributed by atoms with Crippen LogP contribution in [0.2, 0.25) is 0 Å². The molecule has 2 fully saturated rings. The maximum Gasteiger partial charge on any atom is 0.309 e. The first-order chi connectivity index (χ1) is 9.09. The van der Waals surface area contributed by atoms with E-state index in [2.05, 4.69) is 0 Å². The van der Waals surface area contributed by atoms with Gasteiger partial charge in [0.1, 0.15) is 0 Å². The summed E-state index contributed by atoms with van der Waals surface area (Å²) in [5.41, 5.74) is 0. The lowest BCUT2D eigenvalue weighted by atomic mass is 9.77. The van der Waals surface area contributed by atoms with E-state index < -0.39 is 11.9 Å². The zero-order valence-corrected chi connectivity index (χ0v) is 10.8. The SMILES string of the molecule is O=C(O)CCCC=CCC1C2CCC(O2)C1C(=O)O. The topological polar surface area (TPSA) is 83.8 Å². The fourth-order valence-electron chi connectivity index (χ4n) is 3.16. The van der Waals surface area contributed by atoms with Crippen molar-refractivity contribution in [2.75, 3.05) is 0 Å². The molecule has 0 radical (unpaired) electrons. The Kier molecular flexibility index (Phi) is 4.58. The lowest BCUT2D eigenvalue weighted by Gasteiger charge is -2.23. The Morgan fingerprint density at radius 3 is 2.58 bits per heavy atom. The molecular weight excluding hydrogens is 248 g/mol. The Hall–Kier alpha value is -1.36. The predicted molar refractivity (Wildman–Crippen MR) is 67.8 cm³/mol. The number of hydrogen-bond acceptors (Lipinski definition) is 3. The minimum atomic E-state index is -0.777. The minimum absolute atomic E-state index is 0.0759. The van der Waals surface area contributed by atoms with Crippen molar-refractivity contribution in [3.63, 3.8) is 0 Å². The normalized spacial score (nSPS) is 33.1. The van der Waals surface area contributed by atoms with Gasteiger partial charge in [0.05, 0.1) is 18.1 Å². The smallest absolute Gasteiger partial charge is 0.309 e. The van der Waals surface area contributed by atoms with Gasteiger partial charge >= 0.3 is 11.9 Å². The molecule has 4 atom stereocenters. The van der Waals surface area contributed by atoms with Gasteiger partial charge in [0, 0.05) is 12.3 Å². The van der Waals surface area contributed by atoms with Crippen LogP contribution >= 0.6 is 0 Å². The van der Waals surface area contributed by atoms with Crippen molar-refractivity contribution >= 4 is 11.9 Å². The van der Waals surface area contributed by atoms with Gasteiger partial charge in [-0.2, -0.15) is 0 Å². The summed E-state index contributed by atoms with van der Waals surface area (Å²) in [7, 11) is 0. The molecule has 5 heteroatoms. The molecule has 0 aliphatic carbocycles. The van der Waals surface area contributed by atoms with Gasteiger partial charge in [-0.15, -0.1) is 0 Å². The number of carbonyl (C=O) groups is 2. The summed E-state index contributed by atoms with van der Waals surface area (Å²) in [6.45, 7) is 0. The molecule has 4 unspecified atom stereocenters. The van der Waals surface area contributed by atoms with Crippen molar-refractivity contribution in [2.24, 2.45) is 11.8 Å². The Balaban J connectivity index is 1.77. The second kappa shape index (κ2) is 6.19. The summed E-state index contributed by atoms with van der Waals surface area (Å²) in [6.07, 6.45) is 7.99. The van der Waals surface area contributed by atoms with Gasteiger partial charge in [-0.05, 0) is 32.1 Å². The number of allylic oxidation sites excluding steroid dienone is 2. The lowest BCUT2D eigenvalue weighted by molar-refractivity contribution is -0.144. The van der Waals surface area contributed by atoms with Crippen molar-refractivity contribution in [3.05, 3.63) is 12.2 Å². The van der Waals surface area contributed by atoms with Gasteiger partial charge in [-0.3, -0.25) is 9.59 Å². The molecule has 2 saturated heterocycles. The molecule has 0 spiro atoms. The number of carboxylic acids is 2. The van der Waals surface area contributed by atoms with E-state index in [4.69, 9.17) is 9.84 Å². The Morgan fingerprint density at radius 1 is 1.16 bits per heavy atom. The lowest BCUT2D eigenvalue weighted by Crippen LogP contribution is -2.33. The van der Waals surface area contributed by atoms with Crippen molar-refractivity contribution < 1.29 is 24.5 Å². The summed E-state index contributed by atoms with van der Waals surface area (Å²) in [5.74, 6) is -1.83. The first kappa shape index (κ1) is 14.1. The second-order valence-corrected chi connectivity index (χ2v) is 5.31. The average molecular weight is 268 g/mol. The number of fused-ring (bicyclic) bond motifs is 2. The van der Waals surface area contributed by atoms with Crippen LogP contribution in [-0.2, 0) is 14.3 Å². The van der Waals surface area contributed by atoms with E-state index in [9.17, 15) is 14.7 Å². The standard InChI is InChI=1S/C14H20O5/c15-12(16)6-4-2-1-3-5-9-10-7-8-11(19-10)13(9)14(17)18/h1,3,9-11,13H,2,4-8H2,(H,15,16)(H,17,18). The van der Waals surface area contributed by atoms with Crippen LogP contribution in [0.4, 0.5) is 0 Å². The number of ether oxygens (including phenoxy) is 1. The van der Waals surface area contributed by atoms with Gasteiger partial charge in [-0.1, -0.05) is 12.2 Å². The second-order valence-electron chi connectivity index (χ2n) is 5.31. The molecule has 2 bridgehead atoms. The highest BCUT2D eigenvalue weighted by Crippen LogP contribution is 2.45. The summed E-state index contributed by atoms with van der Waals surface area (Å²) >= 11 is 0. The summed E-state index contributed by atoms with van der Waals surface area (Å²) in [6, 6.07) is 0. The Morgan fingerprint density at radius 2 is 1.89 bits per heavy atom. The van der Waals surface area contributed by atoms with E-state index in [0.29, 0.717) is 12.8 Å². The Bertz CT molecular complexity index is 376. The number of rotatable bonds is 7. The van der Waals surface area contributed by atoms with Crippen molar-refractivity contribution in [1.29, 1.82) is 0 Å². The summed E-state index contributed by atoms with van der Waals surface area (Å²) < 4.78 is 5.68. The van der Waals surface area contributed by atoms with Gasteiger partial charge in [0.25, 0.3) is 0 Å². The third kappa shape index (κ3) is 3.35. The molecule has 0 saturated carbocycles. The molecule has 2 rings (SSSR count). The zero-order valence-electron chi connectivity index (χ0n) is 10.8. The van der Waals surface area contributed by atoms with Crippen molar-refractivity contribution in [1.82, 2.24) is 0 Å². The first-order valence-corrected chi connectivity index (χ1v) is 6.84. The van der Waals surface area contributed by atoms with E-state index in [0.717, 1.165) is 19.3 Å².